The van der Waals surface area contributed by atoms with Gasteiger partial charge in [-0.3, -0.25) is 14.9 Å². The number of pyridine rings is 1. The number of aromatic nitrogens is 3. The van der Waals surface area contributed by atoms with Crippen molar-refractivity contribution in [2.45, 2.75) is 31.7 Å². The fourth-order valence-corrected chi connectivity index (χ4v) is 3.53. The van der Waals surface area contributed by atoms with Crippen molar-refractivity contribution in [3.63, 3.8) is 0 Å². The molecule has 1 atom stereocenters. The first kappa shape index (κ1) is 14.9. The molecule has 24 heavy (non-hydrogen) atoms. The van der Waals surface area contributed by atoms with Crippen LogP contribution in [0.2, 0.25) is 0 Å². The molecule has 0 radical (unpaired) electrons. The molecule has 1 aliphatic heterocycles. The lowest BCUT2D eigenvalue weighted by atomic mass is 10.1. The van der Waals surface area contributed by atoms with E-state index in [9.17, 15) is 4.79 Å². The number of hydrogen-bond donors (Lipinski definition) is 1. The first-order chi connectivity index (χ1) is 11.8. The molecule has 1 fully saturated rings. The number of hydrogen-bond acceptors (Lipinski definition) is 3. The van der Waals surface area contributed by atoms with Crippen LogP contribution in [0.25, 0.3) is 10.9 Å². The van der Waals surface area contributed by atoms with E-state index in [1.807, 2.05) is 53.6 Å². The number of nitrogens with one attached hydrogen (secondary N) is 1. The SMILES string of the molecule is O=C(c1n[nH]c2ccccc12)N1CCC[C@@H]1CCc1ccccn1. The van der Waals surface area contributed by atoms with Crippen LogP contribution in [-0.2, 0) is 6.42 Å². The molecule has 0 spiro atoms. The molecule has 1 saturated heterocycles. The molecule has 0 unspecified atom stereocenters. The van der Waals surface area contributed by atoms with E-state index in [0.717, 1.165) is 48.8 Å². The molecule has 0 saturated carbocycles. The number of amides is 1. The van der Waals surface area contributed by atoms with Crippen LogP contribution in [0.3, 0.4) is 0 Å². The summed E-state index contributed by atoms with van der Waals surface area (Å²) in [5.41, 5.74) is 2.53. The number of nitrogens with zero attached hydrogens (tertiary/aromatic N) is 3. The van der Waals surface area contributed by atoms with Crippen molar-refractivity contribution in [3.05, 3.63) is 60.0 Å². The van der Waals surface area contributed by atoms with Gasteiger partial charge in [-0.15, -0.1) is 0 Å². The maximum atomic E-state index is 13.0. The number of aryl methyl sites for hydroxylation is 1. The van der Waals surface area contributed by atoms with Crippen molar-refractivity contribution in [1.29, 1.82) is 0 Å². The van der Waals surface area contributed by atoms with Gasteiger partial charge in [0, 0.05) is 29.9 Å². The predicted molar refractivity (Wildman–Crippen MR) is 92.7 cm³/mol. The maximum Gasteiger partial charge on any atom is 0.275 e. The van der Waals surface area contributed by atoms with Crippen molar-refractivity contribution < 1.29 is 4.79 Å². The Labute approximate surface area is 140 Å². The topological polar surface area (TPSA) is 61.9 Å². The molecular weight excluding hydrogens is 300 g/mol. The quantitative estimate of drug-likeness (QED) is 0.803. The Hall–Kier alpha value is -2.69. The lowest BCUT2D eigenvalue weighted by Gasteiger charge is -2.24. The molecule has 1 aliphatic rings. The van der Waals surface area contributed by atoms with Gasteiger partial charge in [0.05, 0.1) is 5.52 Å². The van der Waals surface area contributed by atoms with E-state index in [-0.39, 0.29) is 11.9 Å². The van der Waals surface area contributed by atoms with Gasteiger partial charge in [0.1, 0.15) is 0 Å². The summed E-state index contributed by atoms with van der Waals surface area (Å²) in [6.07, 6.45) is 5.78. The number of carbonyl (C=O) groups excluding carboxylic acids is 1. The zero-order chi connectivity index (χ0) is 16.4. The van der Waals surface area contributed by atoms with Crippen LogP contribution in [0.15, 0.2) is 48.7 Å². The Morgan fingerprint density at radius 2 is 2.08 bits per heavy atom. The largest absolute Gasteiger partial charge is 0.334 e. The van der Waals surface area contributed by atoms with Crippen LogP contribution in [0, 0.1) is 0 Å². The van der Waals surface area contributed by atoms with E-state index in [0.29, 0.717) is 5.69 Å². The third-order valence-corrected chi connectivity index (χ3v) is 4.77. The number of benzene rings is 1. The summed E-state index contributed by atoms with van der Waals surface area (Å²) in [5.74, 6) is 0.0379. The average Bonchev–Trinajstić information content (AvgIpc) is 3.27. The molecule has 0 aliphatic carbocycles. The molecule has 1 amide bonds. The molecule has 1 aromatic carbocycles. The minimum atomic E-state index is 0.0379. The molecule has 3 aromatic rings. The van der Waals surface area contributed by atoms with E-state index in [2.05, 4.69) is 15.2 Å². The van der Waals surface area contributed by atoms with Crippen molar-refractivity contribution >= 4 is 16.8 Å². The molecule has 4 rings (SSSR count). The Morgan fingerprint density at radius 3 is 2.96 bits per heavy atom. The predicted octanol–water partition coefficient (Wildman–Crippen LogP) is 3.20. The molecule has 5 nitrogen and oxygen atoms in total. The minimum absolute atomic E-state index is 0.0379. The van der Waals surface area contributed by atoms with Gasteiger partial charge in [-0.1, -0.05) is 24.3 Å². The average molecular weight is 320 g/mol. The van der Waals surface area contributed by atoms with Crippen LogP contribution in [0.1, 0.15) is 35.4 Å². The third kappa shape index (κ3) is 2.77. The van der Waals surface area contributed by atoms with Gasteiger partial charge >= 0.3 is 0 Å². The first-order valence-electron chi connectivity index (χ1n) is 8.47. The van der Waals surface area contributed by atoms with E-state index >= 15 is 0 Å². The van der Waals surface area contributed by atoms with Gasteiger partial charge in [0.15, 0.2) is 5.69 Å². The zero-order valence-electron chi connectivity index (χ0n) is 13.5. The van der Waals surface area contributed by atoms with Gasteiger partial charge in [-0.2, -0.15) is 5.10 Å². The van der Waals surface area contributed by atoms with Crippen LogP contribution >= 0.6 is 0 Å². The highest BCUT2D eigenvalue weighted by atomic mass is 16.2. The first-order valence-corrected chi connectivity index (χ1v) is 8.47. The smallest absolute Gasteiger partial charge is 0.275 e. The molecule has 1 N–H and O–H groups in total. The molecule has 0 bridgehead atoms. The summed E-state index contributed by atoms with van der Waals surface area (Å²) in [4.78, 5) is 19.3. The van der Waals surface area contributed by atoms with Gasteiger partial charge < -0.3 is 4.90 Å². The van der Waals surface area contributed by atoms with Crippen molar-refractivity contribution in [2.24, 2.45) is 0 Å². The Kier molecular flexibility index (Phi) is 3.99. The standard InChI is InChI=1S/C19H20N4O/c24-19(18-16-8-1-2-9-17(16)21-22-18)23-13-5-7-15(23)11-10-14-6-3-4-12-20-14/h1-4,6,8-9,12,15H,5,7,10-11,13H2,(H,21,22)/t15-/m1/s1. The number of fused-ring (bicyclic) bond motifs is 1. The van der Waals surface area contributed by atoms with Gasteiger partial charge in [0.25, 0.3) is 5.91 Å². The summed E-state index contributed by atoms with van der Waals surface area (Å²) in [7, 11) is 0. The lowest BCUT2D eigenvalue weighted by Crippen LogP contribution is -2.36. The second kappa shape index (κ2) is 6.43. The van der Waals surface area contributed by atoms with E-state index in [1.165, 1.54) is 0 Å². The third-order valence-electron chi connectivity index (χ3n) is 4.77. The number of aromatic amines is 1. The van der Waals surface area contributed by atoms with Crippen LogP contribution in [-0.4, -0.2) is 38.6 Å². The number of rotatable bonds is 4. The normalized spacial score (nSPS) is 17.5. The highest BCUT2D eigenvalue weighted by molar-refractivity contribution is 6.04. The Morgan fingerprint density at radius 1 is 1.21 bits per heavy atom. The molecule has 122 valence electrons. The van der Waals surface area contributed by atoms with Crippen LogP contribution in [0.5, 0.6) is 0 Å². The molecule has 2 aromatic heterocycles. The highest BCUT2D eigenvalue weighted by Gasteiger charge is 2.31. The Bertz CT molecular complexity index is 843. The van der Waals surface area contributed by atoms with Gasteiger partial charge in [-0.25, -0.2) is 0 Å². The molecule has 5 heteroatoms. The number of carbonyl (C=O) groups is 1. The molecular formula is C19H20N4O. The summed E-state index contributed by atoms with van der Waals surface area (Å²) in [5, 5.41) is 8.12. The van der Waals surface area contributed by atoms with Crippen molar-refractivity contribution in [3.8, 4) is 0 Å². The van der Waals surface area contributed by atoms with E-state index in [4.69, 9.17) is 0 Å². The van der Waals surface area contributed by atoms with Crippen LogP contribution in [0.4, 0.5) is 0 Å². The number of para-hydroxylation sites is 1. The maximum absolute atomic E-state index is 13.0. The lowest BCUT2D eigenvalue weighted by molar-refractivity contribution is 0.0726. The second-order valence-corrected chi connectivity index (χ2v) is 6.27. The second-order valence-electron chi connectivity index (χ2n) is 6.27. The summed E-state index contributed by atoms with van der Waals surface area (Å²) < 4.78 is 0. The molecule has 3 heterocycles. The fraction of sp³-hybridized carbons (Fsp3) is 0.316. The van der Waals surface area contributed by atoms with E-state index in [1.54, 1.807) is 0 Å². The van der Waals surface area contributed by atoms with Crippen LogP contribution < -0.4 is 0 Å². The fourth-order valence-electron chi connectivity index (χ4n) is 3.53. The Balaban J connectivity index is 1.51. The van der Waals surface area contributed by atoms with E-state index < -0.39 is 0 Å². The van der Waals surface area contributed by atoms with Gasteiger partial charge in [-0.05, 0) is 43.9 Å². The summed E-state index contributed by atoms with van der Waals surface area (Å²) in [6.45, 7) is 0.812. The minimum Gasteiger partial charge on any atom is -0.334 e. The summed E-state index contributed by atoms with van der Waals surface area (Å²) >= 11 is 0. The number of H-pyrrole nitrogens is 1. The monoisotopic (exact) mass is 320 g/mol. The van der Waals surface area contributed by atoms with Crippen molar-refractivity contribution in [2.75, 3.05) is 6.54 Å². The highest BCUT2D eigenvalue weighted by Crippen LogP contribution is 2.25. The number of likely N-dealkylation sites (tertiary alicyclic amines) is 1. The zero-order valence-corrected chi connectivity index (χ0v) is 13.5. The van der Waals surface area contributed by atoms with Gasteiger partial charge in [0.2, 0.25) is 0 Å². The van der Waals surface area contributed by atoms with Crippen molar-refractivity contribution in [1.82, 2.24) is 20.1 Å². The summed E-state index contributed by atoms with van der Waals surface area (Å²) in [6, 6.07) is 14.0.